The monoisotopic (exact) mass is 919 g/mol. The van der Waals surface area contributed by atoms with Crippen molar-refractivity contribution in [1.82, 2.24) is 0 Å². The Hall–Kier alpha value is -0.940. The van der Waals surface area contributed by atoms with Crippen LogP contribution in [0.25, 0.3) is 0 Å². The van der Waals surface area contributed by atoms with Crippen molar-refractivity contribution in [2.75, 3.05) is 6.61 Å². The van der Waals surface area contributed by atoms with E-state index in [0.29, 0.717) is 5.75 Å². The van der Waals surface area contributed by atoms with Crippen LogP contribution in [0.4, 0.5) is 17.6 Å². The molecule has 0 aliphatic carbocycles. The second-order valence-electron chi connectivity index (χ2n) is 8.94. The summed E-state index contributed by atoms with van der Waals surface area (Å²) in [4.78, 5) is 23.7. The number of esters is 2. The molecule has 0 bridgehead atoms. The summed E-state index contributed by atoms with van der Waals surface area (Å²) in [5.41, 5.74) is -0.621. The van der Waals surface area contributed by atoms with E-state index in [1.165, 1.54) is 12.1 Å². The van der Waals surface area contributed by atoms with Gasteiger partial charge >= 0.3 is 248 Å². The van der Waals surface area contributed by atoms with Gasteiger partial charge in [0.1, 0.15) is 0 Å². The van der Waals surface area contributed by atoms with Crippen molar-refractivity contribution in [2.45, 2.75) is 50.4 Å². The summed E-state index contributed by atoms with van der Waals surface area (Å²) in [7, 11) is -9.57. The summed E-state index contributed by atoms with van der Waals surface area (Å²) in [5, 5.41) is -5.86. The molecule has 2 aromatic rings. The standard InChI is InChI=1S/C23H24F4I2O8STe/c1-21(2,3)37-20(31)14-35-15-4-8-17(9-5-15)39(28,29)18-10-6-16(7-11-18)36-19(30)12-13-22(24,25)23(26,27)38(32,33)34/h4-11H,12-14H2,1-3H3,(H,32,33,34)/p-1. The summed E-state index contributed by atoms with van der Waals surface area (Å²) in [6.07, 6.45) is -3.14. The van der Waals surface area contributed by atoms with Crippen LogP contribution in [0.3, 0.4) is 0 Å². The molecule has 2 aromatic carbocycles. The van der Waals surface area contributed by atoms with Gasteiger partial charge in [0.15, 0.2) is 0 Å². The normalized spacial score (nSPS) is 13.5. The van der Waals surface area contributed by atoms with Gasteiger partial charge in [-0.05, 0) is 0 Å². The molecule has 0 saturated heterocycles. The zero-order valence-electron chi connectivity index (χ0n) is 20.6. The minimum atomic E-state index is -6.63. The maximum absolute atomic E-state index is 13.5. The van der Waals surface area contributed by atoms with Gasteiger partial charge < -0.3 is 0 Å². The zero-order chi connectivity index (χ0) is 29.9. The molecule has 0 aliphatic heterocycles. The Morgan fingerprint density at radius 1 is 0.872 bits per heavy atom. The summed E-state index contributed by atoms with van der Waals surface area (Å²) in [6.45, 7) is 5.02. The average molecular weight is 917 g/mol. The van der Waals surface area contributed by atoms with Crippen molar-refractivity contribution < 1.29 is 54.3 Å². The number of ether oxygens (including phenoxy) is 3. The zero-order valence-corrected chi connectivity index (χ0v) is 28.1. The second-order valence-corrected chi connectivity index (χ2v) is 44.8. The third-order valence-corrected chi connectivity index (χ3v) is 24.1. The number of rotatable bonds is 11. The number of hydrogen-bond donors (Lipinski definition) is 0. The van der Waals surface area contributed by atoms with Crippen molar-refractivity contribution in [3.8, 4) is 11.5 Å². The molecule has 0 atom stereocenters. The van der Waals surface area contributed by atoms with Crippen LogP contribution >= 0.6 is 37.4 Å². The van der Waals surface area contributed by atoms with E-state index in [1.54, 1.807) is 45.0 Å². The first-order valence-corrected chi connectivity index (χ1v) is 28.2. The molecule has 0 fully saturated rings. The molecule has 0 radical (unpaired) electrons. The molecular weight excluding hydrogens is 894 g/mol. The number of carbonyl (C=O) groups excluding carboxylic acids is 2. The molecule has 0 N–H and O–H groups in total. The number of benzene rings is 2. The van der Waals surface area contributed by atoms with Crippen LogP contribution in [-0.2, 0) is 24.4 Å². The molecule has 0 saturated carbocycles. The third kappa shape index (κ3) is 9.55. The molecule has 0 aliphatic rings. The molecular formula is C23H23F4I2O8STe-. The molecule has 0 amide bonds. The Morgan fingerprint density at radius 3 is 1.77 bits per heavy atom. The van der Waals surface area contributed by atoms with Crippen molar-refractivity contribution in [3.63, 3.8) is 0 Å². The van der Waals surface area contributed by atoms with Crippen LogP contribution in [0.15, 0.2) is 48.5 Å². The van der Waals surface area contributed by atoms with Crippen molar-refractivity contribution >= 4 is 77.0 Å². The molecule has 218 valence electrons. The molecule has 0 spiro atoms. The first-order chi connectivity index (χ1) is 17.7. The van der Waals surface area contributed by atoms with Crippen LogP contribution in [0, 0.1) is 0 Å². The van der Waals surface area contributed by atoms with Crippen LogP contribution < -0.4 is 16.7 Å². The van der Waals surface area contributed by atoms with E-state index in [1.807, 2.05) is 12.1 Å². The predicted molar refractivity (Wildman–Crippen MR) is 152 cm³/mol. The van der Waals surface area contributed by atoms with Gasteiger partial charge in [0.2, 0.25) is 0 Å². The summed E-state index contributed by atoms with van der Waals surface area (Å²) in [6, 6.07) is 13.4. The van der Waals surface area contributed by atoms with Gasteiger partial charge in [-0.2, -0.15) is 0 Å². The number of halogens is 6. The molecule has 39 heavy (non-hydrogen) atoms. The number of alkyl halides is 4. The molecule has 0 aromatic heterocycles. The Morgan fingerprint density at radius 2 is 1.33 bits per heavy atom. The van der Waals surface area contributed by atoms with E-state index >= 15 is 0 Å². The molecule has 0 unspecified atom stereocenters. The Bertz CT molecular complexity index is 1280. The Balaban J connectivity index is 2.00. The van der Waals surface area contributed by atoms with Crippen molar-refractivity contribution in [3.05, 3.63) is 48.5 Å². The average Bonchev–Trinajstić information content (AvgIpc) is 2.80. The first-order valence-electron chi connectivity index (χ1n) is 10.8. The first kappa shape index (κ1) is 34.3. The predicted octanol–water partition coefficient (Wildman–Crippen LogP) is 4.29. The van der Waals surface area contributed by atoms with Gasteiger partial charge in [0.25, 0.3) is 0 Å². The molecule has 2 rings (SSSR count). The van der Waals surface area contributed by atoms with Crippen LogP contribution in [0.2, 0.25) is 0 Å². The Labute approximate surface area is 246 Å². The van der Waals surface area contributed by atoms with E-state index in [2.05, 4.69) is 37.4 Å². The number of carbonyl (C=O) groups is 2. The third-order valence-electron chi connectivity index (χ3n) is 4.63. The van der Waals surface area contributed by atoms with Gasteiger partial charge in [0.05, 0.1) is 0 Å². The van der Waals surface area contributed by atoms with E-state index in [-0.39, 0.29) is 12.4 Å². The van der Waals surface area contributed by atoms with Gasteiger partial charge in [-0.1, -0.05) is 0 Å². The van der Waals surface area contributed by atoms with Gasteiger partial charge in [0, 0.05) is 0 Å². The summed E-state index contributed by atoms with van der Waals surface area (Å²) in [5.74, 6) is -6.60. The summed E-state index contributed by atoms with van der Waals surface area (Å²) >= 11 is 4.73. The van der Waals surface area contributed by atoms with Crippen LogP contribution in [0.1, 0.15) is 33.6 Å². The SMILES string of the molecule is CC(C)(C)OC(=O)COc1ccc([Te](I)(I)c2ccc(OC(=O)CCC(F)(F)C(F)(F)S(=O)(=O)[O-])cc2)cc1. The van der Waals surface area contributed by atoms with Gasteiger partial charge in [-0.25, -0.2) is 0 Å². The van der Waals surface area contributed by atoms with Gasteiger partial charge in [-0.3, -0.25) is 0 Å². The Kier molecular flexibility index (Phi) is 11.4. The number of hydrogen-bond acceptors (Lipinski definition) is 8. The van der Waals surface area contributed by atoms with E-state index < -0.39 is 62.0 Å². The molecule has 8 nitrogen and oxygen atoms in total. The second kappa shape index (κ2) is 12.9. The van der Waals surface area contributed by atoms with Crippen molar-refractivity contribution in [2.24, 2.45) is 0 Å². The van der Waals surface area contributed by atoms with Crippen LogP contribution in [-0.4, -0.2) is 58.6 Å². The van der Waals surface area contributed by atoms with Crippen LogP contribution in [0.5, 0.6) is 11.5 Å². The fourth-order valence-corrected chi connectivity index (χ4v) is 14.7. The summed E-state index contributed by atoms with van der Waals surface area (Å²) < 4.78 is 102. The van der Waals surface area contributed by atoms with Gasteiger partial charge in [-0.15, -0.1) is 0 Å². The topological polar surface area (TPSA) is 119 Å². The quantitative estimate of drug-likeness (QED) is 0.0820. The maximum atomic E-state index is 13.5. The fourth-order valence-electron chi connectivity index (χ4n) is 2.80. The van der Waals surface area contributed by atoms with E-state index in [4.69, 9.17) is 14.2 Å². The molecule has 0 heterocycles. The molecule has 16 heteroatoms. The van der Waals surface area contributed by atoms with E-state index in [9.17, 15) is 40.1 Å². The fraction of sp³-hybridized carbons (Fsp3) is 0.391. The van der Waals surface area contributed by atoms with E-state index in [0.717, 1.165) is 7.22 Å². The van der Waals surface area contributed by atoms with Crippen molar-refractivity contribution in [1.29, 1.82) is 0 Å². The minimum absolute atomic E-state index is 0.0346.